The van der Waals surface area contributed by atoms with Gasteiger partial charge in [0.05, 0.1) is 11.8 Å². The number of benzene rings is 1. The van der Waals surface area contributed by atoms with Crippen LogP contribution in [0.4, 0.5) is 14.5 Å². The number of hydrogen-bond acceptors (Lipinski definition) is 2. The predicted octanol–water partition coefficient (Wildman–Crippen LogP) is 1.82. The fourth-order valence-electron chi connectivity index (χ4n) is 2.12. The van der Waals surface area contributed by atoms with E-state index in [1.54, 1.807) is 0 Å². The van der Waals surface area contributed by atoms with Crippen LogP contribution in [0.15, 0.2) is 18.2 Å². The van der Waals surface area contributed by atoms with E-state index in [2.05, 4.69) is 10.6 Å². The highest BCUT2D eigenvalue weighted by molar-refractivity contribution is 5.99. The topological polar surface area (TPSA) is 58.2 Å². The zero-order chi connectivity index (χ0) is 14.3. The summed E-state index contributed by atoms with van der Waals surface area (Å²) in [6.45, 7) is 0. The van der Waals surface area contributed by atoms with Gasteiger partial charge in [-0.3, -0.25) is 9.59 Å². The average Bonchev–Trinajstić information content (AvgIpc) is 3.24. The largest absolute Gasteiger partial charge is 0.353 e. The number of carbonyl (C=O) groups is 2. The second kappa shape index (κ2) is 4.85. The molecule has 0 heterocycles. The molecule has 0 bridgehead atoms. The van der Waals surface area contributed by atoms with Crippen LogP contribution in [0.25, 0.3) is 0 Å². The van der Waals surface area contributed by atoms with E-state index in [4.69, 9.17) is 0 Å². The molecular formula is C14H14F2N2O2. The van der Waals surface area contributed by atoms with Gasteiger partial charge in [0.25, 0.3) is 0 Å². The van der Waals surface area contributed by atoms with E-state index in [1.807, 2.05) is 0 Å². The van der Waals surface area contributed by atoms with Gasteiger partial charge in [0, 0.05) is 17.8 Å². The Morgan fingerprint density at radius 3 is 2.40 bits per heavy atom. The molecule has 0 aromatic heterocycles. The zero-order valence-electron chi connectivity index (χ0n) is 10.7. The van der Waals surface area contributed by atoms with E-state index in [9.17, 15) is 18.4 Å². The number of rotatable bonds is 4. The summed E-state index contributed by atoms with van der Waals surface area (Å²) in [6.07, 6.45) is 2.52. The van der Waals surface area contributed by atoms with Crippen LogP contribution in [0, 0.1) is 23.5 Å². The Labute approximate surface area is 114 Å². The summed E-state index contributed by atoms with van der Waals surface area (Å²) in [5.74, 6) is -3.05. The molecule has 1 aromatic rings. The molecule has 2 saturated carbocycles. The Morgan fingerprint density at radius 2 is 1.75 bits per heavy atom. The van der Waals surface area contributed by atoms with E-state index < -0.39 is 11.6 Å². The van der Waals surface area contributed by atoms with Crippen molar-refractivity contribution in [1.82, 2.24) is 5.32 Å². The first kappa shape index (κ1) is 13.0. The lowest BCUT2D eigenvalue weighted by Gasteiger charge is -2.05. The minimum absolute atomic E-state index is 0.0852. The molecule has 2 amide bonds. The lowest BCUT2D eigenvalue weighted by Crippen LogP contribution is -2.29. The standard InChI is InChI=1S/C14H14F2N2O2/c15-11-4-3-8(5-12(11)16)18-14(20)10-6-9(10)13(19)17-7-1-2-7/h3-5,7,9-10H,1-2,6H2,(H,17,19)(H,18,20). The minimum Gasteiger partial charge on any atom is -0.353 e. The van der Waals surface area contributed by atoms with Crippen LogP contribution in [-0.4, -0.2) is 17.9 Å². The van der Waals surface area contributed by atoms with Gasteiger partial charge in [0.2, 0.25) is 11.8 Å². The third-order valence-electron chi connectivity index (χ3n) is 3.57. The van der Waals surface area contributed by atoms with Crippen molar-refractivity contribution in [2.45, 2.75) is 25.3 Å². The van der Waals surface area contributed by atoms with E-state index in [0.717, 1.165) is 25.0 Å². The Bertz CT molecular complexity index is 572. The lowest BCUT2D eigenvalue weighted by molar-refractivity contribution is -0.125. The summed E-state index contributed by atoms with van der Waals surface area (Å²) in [6, 6.07) is 3.44. The fraction of sp³-hybridized carbons (Fsp3) is 0.429. The van der Waals surface area contributed by atoms with Gasteiger partial charge in [-0.25, -0.2) is 8.78 Å². The van der Waals surface area contributed by atoms with Crippen molar-refractivity contribution in [1.29, 1.82) is 0 Å². The molecule has 2 aliphatic carbocycles. The van der Waals surface area contributed by atoms with Crippen LogP contribution in [0.1, 0.15) is 19.3 Å². The second-order valence-electron chi connectivity index (χ2n) is 5.35. The maximum atomic E-state index is 13.0. The van der Waals surface area contributed by atoms with Crippen molar-refractivity contribution < 1.29 is 18.4 Å². The van der Waals surface area contributed by atoms with Gasteiger partial charge in [-0.05, 0) is 31.4 Å². The van der Waals surface area contributed by atoms with Crippen molar-refractivity contribution in [3.8, 4) is 0 Å². The Morgan fingerprint density at radius 1 is 1.05 bits per heavy atom. The molecule has 2 fully saturated rings. The summed E-state index contributed by atoms with van der Waals surface area (Å²) < 4.78 is 25.8. The first-order valence-corrected chi connectivity index (χ1v) is 6.61. The summed E-state index contributed by atoms with van der Waals surface area (Å²) in [7, 11) is 0. The third kappa shape index (κ3) is 2.79. The molecule has 106 valence electrons. The van der Waals surface area contributed by atoms with Crippen molar-refractivity contribution >= 4 is 17.5 Å². The number of hydrogen-bond donors (Lipinski definition) is 2. The Kier molecular flexibility index (Phi) is 3.16. The average molecular weight is 280 g/mol. The van der Waals surface area contributed by atoms with Crippen LogP contribution >= 0.6 is 0 Å². The molecule has 2 aliphatic rings. The van der Waals surface area contributed by atoms with Crippen molar-refractivity contribution in [2.24, 2.45) is 11.8 Å². The smallest absolute Gasteiger partial charge is 0.228 e. The van der Waals surface area contributed by atoms with Gasteiger partial charge in [-0.15, -0.1) is 0 Å². The van der Waals surface area contributed by atoms with Crippen molar-refractivity contribution in [3.63, 3.8) is 0 Å². The van der Waals surface area contributed by atoms with Crippen molar-refractivity contribution in [2.75, 3.05) is 5.32 Å². The fourth-order valence-corrected chi connectivity index (χ4v) is 2.12. The van der Waals surface area contributed by atoms with Crippen LogP contribution in [0.2, 0.25) is 0 Å². The SMILES string of the molecule is O=C(Nc1ccc(F)c(F)c1)C1CC1C(=O)NC1CC1. The molecule has 2 unspecified atom stereocenters. The van der Waals surface area contributed by atoms with E-state index >= 15 is 0 Å². The zero-order valence-corrected chi connectivity index (χ0v) is 10.7. The molecule has 1 aromatic carbocycles. The quantitative estimate of drug-likeness (QED) is 0.884. The molecular weight excluding hydrogens is 266 g/mol. The monoisotopic (exact) mass is 280 g/mol. The summed E-state index contributed by atoms with van der Waals surface area (Å²) in [5.41, 5.74) is 0.196. The number of carbonyl (C=O) groups excluding carboxylic acids is 2. The summed E-state index contributed by atoms with van der Waals surface area (Å²) in [4.78, 5) is 23.6. The van der Waals surface area contributed by atoms with Gasteiger partial charge < -0.3 is 10.6 Å². The van der Waals surface area contributed by atoms with Gasteiger partial charge in [-0.2, -0.15) is 0 Å². The van der Waals surface area contributed by atoms with Gasteiger partial charge in [0.1, 0.15) is 0 Å². The van der Waals surface area contributed by atoms with Gasteiger partial charge in [0.15, 0.2) is 11.6 Å². The Balaban J connectivity index is 1.54. The van der Waals surface area contributed by atoms with E-state index in [-0.39, 0.29) is 35.4 Å². The molecule has 2 atom stereocenters. The van der Waals surface area contributed by atoms with E-state index in [1.165, 1.54) is 6.07 Å². The highest BCUT2D eigenvalue weighted by Crippen LogP contribution is 2.40. The minimum atomic E-state index is -1.01. The molecule has 0 spiro atoms. The highest BCUT2D eigenvalue weighted by atomic mass is 19.2. The second-order valence-corrected chi connectivity index (χ2v) is 5.35. The van der Waals surface area contributed by atoms with Crippen molar-refractivity contribution in [3.05, 3.63) is 29.8 Å². The molecule has 6 heteroatoms. The van der Waals surface area contributed by atoms with Crippen LogP contribution in [-0.2, 0) is 9.59 Å². The third-order valence-corrected chi connectivity index (χ3v) is 3.57. The van der Waals surface area contributed by atoms with Crippen LogP contribution < -0.4 is 10.6 Å². The molecule has 0 aliphatic heterocycles. The predicted molar refractivity (Wildman–Crippen MR) is 67.7 cm³/mol. The van der Waals surface area contributed by atoms with Crippen LogP contribution in [0.5, 0.6) is 0 Å². The summed E-state index contributed by atoms with van der Waals surface area (Å²) in [5, 5.41) is 5.35. The Hall–Kier alpha value is -1.98. The van der Waals surface area contributed by atoms with E-state index in [0.29, 0.717) is 6.42 Å². The van der Waals surface area contributed by atoms with Gasteiger partial charge in [-0.1, -0.05) is 0 Å². The maximum Gasteiger partial charge on any atom is 0.228 e. The number of amides is 2. The molecule has 3 rings (SSSR count). The molecule has 0 saturated heterocycles. The number of halogens is 2. The number of anilines is 1. The highest BCUT2D eigenvalue weighted by Gasteiger charge is 2.48. The molecule has 0 radical (unpaired) electrons. The summed E-state index contributed by atoms with van der Waals surface area (Å²) >= 11 is 0. The first-order chi connectivity index (χ1) is 9.54. The van der Waals surface area contributed by atoms with Gasteiger partial charge >= 0.3 is 0 Å². The normalized spacial score (nSPS) is 24.1. The lowest BCUT2D eigenvalue weighted by atomic mass is 10.2. The number of nitrogens with one attached hydrogen (secondary N) is 2. The maximum absolute atomic E-state index is 13.0. The molecule has 2 N–H and O–H groups in total. The first-order valence-electron chi connectivity index (χ1n) is 6.61. The molecule has 20 heavy (non-hydrogen) atoms. The molecule has 4 nitrogen and oxygen atoms in total. The van der Waals surface area contributed by atoms with Crippen LogP contribution in [0.3, 0.4) is 0 Å².